The molecule has 1 aromatic carbocycles. The van der Waals surface area contributed by atoms with E-state index in [9.17, 15) is 9.59 Å². The van der Waals surface area contributed by atoms with E-state index in [1.54, 1.807) is 0 Å². The second-order valence-corrected chi connectivity index (χ2v) is 7.22. The molecule has 1 aliphatic carbocycles. The average Bonchev–Trinajstić information content (AvgIpc) is 3.41. The standard InChI is InChI=1S/C17H22BrN3O2/c1-12(16(22)19-15-6-4-14(18)5-7-15)20-8-10-21(11-9-20)17(23)13-2-3-13/h4-7,12-13H,2-3,8-11H2,1H3,(H,19,22). The van der Waals surface area contributed by atoms with Gasteiger partial charge in [0.25, 0.3) is 0 Å². The molecule has 0 spiro atoms. The Morgan fingerprint density at radius 2 is 1.74 bits per heavy atom. The van der Waals surface area contributed by atoms with E-state index in [4.69, 9.17) is 0 Å². The lowest BCUT2D eigenvalue weighted by Crippen LogP contribution is -2.54. The minimum absolute atomic E-state index is 0.00529. The van der Waals surface area contributed by atoms with Crippen LogP contribution in [0.1, 0.15) is 19.8 Å². The summed E-state index contributed by atoms with van der Waals surface area (Å²) in [4.78, 5) is 28.5. The zero-order valence-electron chi connectivity index (χ0n) is 13.3. The number of amides is 2. The third-order valence-electron chi connectivity index (χ3n) is 4.59. The maximum atomic E-state index is 12.4. The van der Waals surface area contributed by atoms with Crippen LogP contribution in [0.15, 0.2) is 28.7 Å². The van der Waals surface area contributed by atoms with E-state index in [1.807, 2.05) is 36.1 Å². The molecule has 0 radical (unpaired) electrons. The summed E-state index contributed by atoms with van der Waals surface area (Å²) in [5.41, 5.74) is 0.799. The number of nitrogens with zero attached hydrogens (tertiary/aromatic N) is 2. The Kier molecular flexibility index (Phi) is 5.02. The second kappa shape index (κ2) is 7.01. The van der Waals surface area contributed by atoms with Crippen molar-refractivity contribution in [3.63, 3.8) is 0 Å². The van der Waals surface area contributed by atoms with Crippen LogP contribution in [0.2, 0.25) is 0 Å². The molecule has 1 saturated carbocycles. The molecule has 23 heavy (non-hydrogen) atoms. The summed E-state index contributed by atoms with van der Waals surface area (Å²) in [5, 5.41) is 2.95. The number of carbonyl (C=O) groups excluding carboxylic acids is 2. The highest BCUT2D eigenvalue weighted by Gasteiger charge is 2.35. The van der Waals surface area contributed by atoms with Gasteiger partial charge in [0.1, 0.15) is 0 Å². The van der Waals surface area contributed by atoms with Crippen molar-refractivity contribution in [1.82, 2.24) is 9.80 Å². The van der Waals surface area contributed by atoms with Crippen molar-refractivity contribution in [2.45, 2.75) is 25.8 Å². The van der Waals surface area contributed by atoms with Crippen LogP contribution in [0.5, 0.6) is 0 Å². The molecule has 2 fully saturated rings. The molecule has 1 atom stereocenters. The zero-order chi connectivity index (χ0) is 16.4. The van der Waals surface area contributed by atoms with Gasteiger partial charge in [0.05, 0.1) is 6.04 Å². The van der Waals surface area contributed by atoms with Gasteiger partial charge in [-0.2, -0.15) is 0 Å². The van der Waals surface area contributed by atoms with Crippen molar-refractivity contribution in [3.8, 4) is 0 Å². The Morgan fingerprint density at radius 3 is 2.30 bits per heavy atom. The number of piperazine rings is 1. The van der Waals surface area contributed by atoms with Crippen LogP contribution in [-0.2, 0) is 9.59 Å². The number of rotatable bonds is 4. The molecule has 3 rings (SSSR count). The lowest BCUT2D eigenvalue weighted by Gasteiger charge is -2.37. The number of halogens is 1. The van der Waals surface area contributed by atoms with Gasteiger partial charge < -0.3 is 10.2 Å². The van der Waals surface area contributed by atoms with E-state index < -0.39 is 0 Å². The van der Waals surface area contributed by atoms with Crippen molar-refractivity contribution in [2.75, 3.05) is 31.5 Å². The first kappa shape index (κ1) is 16.5. The molecule has 1 N–H and O–H groups in total. The fourth-order valence-corrected chi connectivity index (χ4v) is 3.13. The Labute approximate surface area is 145 Å². The van der Waals surface area contributed by atoms with Crippen LogP contribution in [0, 0.1) is 5.92 Å². The molecule has 1 saturated heterocycles. The first-order chi connectivity index (χ1) is 11.0. The van der Waals surface area contributed by atoms with E-state index in [0.717, 1.165) is 49.2 Å². The smallest absolute Gasteiger partial charge is 0.241 e. The number of benzene rings is 1. The third kappa shape index (κ3) is 4.12. The summed E-state index contributed by atoms with van der Waals surface area (Å²) in [6.45, 7) is 4.89. The highest BCUT2D eigenvalue weighted by atomic mass is 79.9. The molecular weight excluding hydrogens is 358 g/mol. The quantitative estimate of drug-likeness (QED) is 0.873. The predicted molar refractivity (Wildman–Crippen MR) is 93.1 cm³/mol. The fraction of sp³-hybridized carbons (Fsp3) is 0.529. The average molecular weight is 380 g/mol. The van der Waals surface area contributed by atoms with Crippen LogP contribution in [0.25, 0.3) is 0 Å². The molecule has 0 bridgehead atoms. The zero-order valence-corrected chi connectivity index (χ0v) is 14.9. The molecule has 2 aliphatic rings. The summed E-state index contributed by atoms with van der Waals surface area (Å²) in [6, 6.07) is 7.37. The van der Waals surface area contributed by atoms with E-state index in [0.29, 0.717) is 5.91 Å². The van der Waals surface area contributed by atoms with Gasteiger partial charge in [0.2, 0.25) is 11.8 Å². The molecule has 1 heterocycles. The minimum atomic E-state index is -0.197. The van der Waals surface area contributed by atoms with Gasteiger partial charge in [0.15, 0.2) is 0 Å². The van der Waals surface area contributed by atoms with Gasteiger partial charge >= 0.3 is 0 Å². The Hall–Kier alpha value is -1.40. The summed E-state index contributed by atoms with van der Waals surface area (Å²) in [6.07, 6.45) is 2.09. The summed E-state index contributed by atoms with van der Waals surface area (Å²) >= 11 is 3.38. The van der Waals surface area contributed by atoms with Crippen molar-refractivity contribution < 1.29 is 9.59 Å². The largest absolute Gasteiger partial charge is 0.340 e. The summed E-state index contributed by atoms with van der Waals surface area (Å²) in [5.74, 6) is 0.575. The Morgan fingerprint density at radius 1 is 1.13 bits per heavy atom. The molecular formula is C17H22BrN3O2. The van der Waals surface area contributed by atoms with E-state index in [2.05, 4.69) is 26.1 Å². The van der Waals surface area contributed by atoms with Gasteiger partial charge in [-0.3, -0.25) is 14.5 Å². The summed E-state index contributed by atoms with van der Waals surface area (Å²) < 4.78 is 0.986. The molecule has 0 aromatic heterocycles. The van der Waals surface area contributed by atoms with Crippen molar-refractivity contribution in [3.05, 3.63) is 28.7 Å². The molecule has 5 nitrogen and oxygen atoms in total. The third-order valence-corrected chi connectivity index (χ3v) is 5.12. The minimum Gasteiger partial charge on any atom is -0.340 e. The van der Waals surface area contributed by atoms with E-state index in [1.165, 1.54) is 0 Å². The van der Waals surface area contributed by atoms with Gasteiger partial charge in [-0.25, -0.2) is 0 Å². The van der Waals surface area contributed by atoms with Crippen LogP contribution < -0.4 is 5.32 Å². The SMILES string of the molecule is CC(C(=O)Nc1ccc(Br)cc1)N1CCN(C(=O)C2CC2)CC1. The summed E-state index contributed by atoms with van der Waals surface area (Å²) in [7, 11) is 0. The van der Waals surface area contributed by atoms with E-state index in [-0.39, 0.29) is 17.9 Å². The molecule has 6 heteroatoms. The lowest BCUT2D eigenvalue weighted by molar-refractivity contribution is -0.135. The Balaban J connectivity index is 1.50. The van der Waals surface area contributed by atoms with Crippen LogP contribution in [0.4, 0.5) is 5.69 Å². The van der Waals surface area contributed by atoms with E-state index >= 15 is 0 Å². The lowest BCUT2D eigenvalue weighted by atomic mass is 10.2. The number of anilines is 1. The van der Waals surface area contributed by atoms with Crippen molar-refractivity contribution in [1.29, 1.82) is 0 Å². The van der Waals surface area contributed by atoms with Gasteiger partial charge in [-0.05, 0) is 44.0 Å². The normalized spacial score (nSPS) is 20.2. The maximum Gasteiger partial charge on any atom is 0.241 e. The Bertz CT molecular complexity index is 578. The first-order valence-corrected chi connectivity index (χ1v) is 8.93. The van der Waals surface area contributed by atoms with Gasteiger partial charge in [-0.1, -0.05) is 15.9 Å². The van der Waals surface area contributed by atoms with Crippen LogP contribution >= 0.6 is 15.9 Å². The molecule has 124 valence electrons. The number of hydrogen-bond acceptors (Lipinski definition) is 3. The van der Waals surface area contributed by atoms with Gasteiger partial charge in [0, 0.05) is 42.3 Å². The number of nitrogens with one attached hydrogen (secondary N) is 1. The molecule has 1 aliphatic heterocycles. The van der Waals surface area contributed by atoms with Gasteiger partial charge in [-0.15, -0.1) is 0 Å². The van der Waals surface area contributed by atoms with Crippen LogP contribution in [-0.4, -0.2) is 53.8 Å². The first-order valence-electron chi connectivity index (χ1n) is 8.14. The van der Waals surface area contributed by atoms with Crippen molar-refractivity contribution >= 4 is 33.4 Å². The molecule has 2 amide bonds. The maximum absolute atomic E-state index is 12.4. The fourth-order valence-electron chi connectivity index (χ4n) is 2.86. The number of carbonyl (C=O) groups is 2. The topological polar surface area (TPSA) is 52.7 Å². The highest BCUT2D eigenvalue weighted by Crippen LogP contribution is 2.31. The highest BCUT2D eigenvalue weighted by molar-refractivity contribution is 9.10. The second-order valence-electron chi connectivity index (χ2n) is 6.31. The molecule has 1 aromatic rings. The van der Waals surface area contributed by atoms with Crippen molar-refractivity contribution in [2.24, 2.45) is 5.92 Å². The predicted octanol–water partition coefficient (Wildman–Crippen LogP) is 2.33. The molecule has 1 unspecified atom stereocenters. The van der Waals surface area contributed by atoms with Crippen LogP contribution in [0.3, 0.4) is 0 Å². The monoisotopic (exact) mass is 379 g/mol. The number of hydrogen-bond donors (Lipinski definition) is 1.